The van der Waals surface area contributed by atoms with Gasteiger partial charge in [-0.15, -0.1) is 0 Å². The third-order valence-corrected chi connectivity index (χ3v) is 3.34. The number of benzene rings is 2. The smallest absolute Gasteiger partial charge is 0.123 e. The molecule has 3 nitrogen and oxygen atoms in total. The van der Waals surface area contributed by atoms with Crippen molar-refractivity contribution < 1.29 is 14.3 Å². The van der Waals surface area contributed by atoms with E-state index in [0.29, 0.717) is 18.7 Å². The van der Waals surface area contributed by atoms with E-state index in [9.17, 15) is 4.39 Å². The number of aryl methyl sites for hydroxylation is 1. The Morgan fingerprint density at radius 2 is 1.90 bits per heavy atom. The number of ether oxygens (including phenoxy) is 1. The van der Waals surface area contributed by atoms with Crippen molar-refractivity contribution in [2.75, 3.05) is 0 Å². The van der Waals surface area contributed by atoms with Crippen LogP contribution in [-0.2, 0) is 6.61 Å². The van der Waals surface area contributed by atoms with Gasteiger partial charge in [0.1, 0.15) is 18.2 Å². The minimum atomic E-state index is -0.240. The van der Waals surface area contributed by atoms with Gasteiger partial charge >= 0.3 is 0 Å². The quantitative estimate of drug-likeness (QED) is 0.506. The summed E-state index contributed by atoms with van der Waals surface area (Å²) in [6.45, 7) is 4.17. The Morgan fingerprint density at radius 3 is 2.48 bits per heavy atom. The molecule has 0 unspecified atom stereocenters. The van der Waals surface area contributed by atoms with Crippen LogP contribution in [0.3, 0.4) is 0 Å². The van der Waals surface area contributed by atoms with Gasteiger partial charge in [0.15, 0.2) is 0 Å². The molecule has 0 aliphatic rings. The molecular formula is C17H18FNO2. The molecule has 0 aliphatic heterocycles. The molecule has 1 N–H and O–H groups in total. The molecule has 0 radical (unpaired) electrons. The fourth-order valence-electron chi connectivity index (χ4n) is 2.06. The zero-order valence-electron chi connectivity index (χ0n) is 12.1. The average molecular weight is 287 g/mol. The minimum Gasteiger partial charge on any atom is -0.489 e. The highest BCUT2D eigenvalue weighted by Crippen LogP contribution is 2.17. The zero-order chi connectivity index (χ0) is 15.2. The summed E-state index contributed by atoms with van der Waals surface area (Å²) in [6, 6.07) is 12.0. The second-order valence-electron chi connectivity index (χ2n) is 4.78. The number of hydrogen-bond donors (Lipinski definition) is 1. The van der Waals surface area contributed by atoms with Gasteiger partial charge in [-0.1, -0.05) is 18.1 Å². The van der Waals surface area contributed by atoms with Crippen molar-refractivity contribution in [1.29, 1.82) is 0 Å². The largest absolute Gasteiger partial charge is 0.489 e. The highest BCUT2D eigenvalue weighted by atomic mass is 19.1. The first-order chi connectivity index (χ1) is 10.1. The first-order valence-corrected chi connectivity index (χ1v) is 6.83. The van der Waals surface area contributed by atoms with Crippen molar-refractivity contribution >= 4 is 5.71 Å². The molecule has 0 saturated carbocycles. The molecule has 2 aromatic carbocycles. The molecule has 0 atom stereocenters. The van der Waals surface area contributed by atoms with Crippen LogP contribution in [0.15, 0.2) is 47.6 Å². The Labute approximate surface area is 123 Å². The highest BCUT2D eigenvalue weighted by Gasteiger charge is 2.04. The molecular weight excluding hydrogens is 269 g/mol. The fourth-order valence-corrected chi connectivity index (χ4v) is 2.06. The summed E-state index contributed by atoms with van der Waals surface area (Å²) in [7, 11) is 0. The molecule has 0 amide bonds. The molecule has 0 bridgehead atoms. The monoisotopic (exact) mass is 287 g/mol. The van der Waals surface area contributed by atoms with Crippen LogP contribution in [0.4, 0.5) is 4.39 Å². The van der Waals surface area contributed by atoms with E-state index < -0.39 is 0 Å². The van der Waals surface area contributed by atoms with Crippen molar-refractivity contribution in [3.8, 4) is 5.75 Å². The van der Waals surface area contributed by atoms with Crippen LogP contribution in [0.5, 0.6) is 5.75 Å². The van der Waals surface area contributed by atoms with E-state index in [4.69, 9.17) is 9.94 Å². The third kappa shape index (κ3) is 3.81. The SMILES string of the molecule is CC/C(=N/O)c1ccc(OCc2ccc(F)cc2C)cc1. The van der Waals surface area contributed by atoms with Gasteiger partial charge in [-0.05, 0) is 66.4 Å². The van der Waals surface area contributed by atoms with E-state index in [0.717, 1.165) is 22.4 Å². The minimum absolute atomic E-state index is 0.240. The van der Waals surface area contributed by atoms with Gasteiger partial charge in [-0.25, -0.2) is 4.39 Å². The third-order valence-electron chi connectivity index (χ3n) is 3.34. The molecule has 0 spiro atoms. The lowest BCUT2D eigenvalue weighted by Crippen LogP contribution is -2.00. The highest BCUT2D eigenvalue weighted by molar-refractivity contribution is 6.00. The number of hydrogen-bond acceptors (Lipinski definition) is 3. The molecule has 0 aromatic heterocycles. The maximum absolute atomic E-state index is 13.0. The van der Waals surface area contributed by atoms with E-state index >= 15 is 0 Å². The lowest BCUT2D eigenvalue weighted by molar-refractivity contribution is 0.305. The van der Waals surface area contributed by atoms with Gasteiger partial charge in [0.2, 0.25) is 0 Å². The number of nitrogens with zero attached hydrogens (tertiary/aromatic N) is 1. The van der Waals surface area contributed by atoms with Crippen LogP contribution >= 0.6 is 0 Å². The number of rotatable bonds is 5. The summed E-state index contributed by atoms with van der Waals surface area (Å²) in [4.78, 5) is 0. The molecule has 0 saturated heterocycles. The Balaban J connectivity index is 2.04. The molecule has 0 aliphatic carbocycles. The van der Waals surface area contributed by atoms with E-state index in [1.807, 2.05) is 38.1 Å². The summed E-state index contributed by atoms with van der Waals surface area (Å²) < 4.78 is 18.7. The van der Waals surface area contributed by atoms with E-state index in [2.05, 4.69) is 5.16 Å². The Kier molecular flexibility index (Phi) is 4.93. The maximum Gasteiger partial charge on any atom is 0.123 e. The van der Waals surface area contributed by atoms with Crippen LogP contribution < -0.4 is 4.74 Å². The average Bonchev–Trinajstić information content (AvgIpc) is 2.49. The lowest BCUT2D eigenvalue weighted by atomic mass is 10.1. The second kappa shape index (κ2) is 6.88. The molecule has 110 valence electrons. The van der Waals surface area contributed by atoms with Gasteiger partial charge in [-0.3, -0.25) is 0 Å². The normalized spacial score (nSPS) is 11.5. The lowest BCUT2D eigenvalue weighted by Gasteiger charge is -2.09. The van der Waals surface area contributed by atoms with Crippen molar-refractivity contribution in [3.05, 3.63) is 65.0 Å². The van der Waals surface area contributed by atoms with Crippen LogP contribution in [0, 0.1) is 12.7 Å². The first-order valence-electron chi connectivity index (χ1n) is 6.83. The number of oxime groups is 1. The predicted octanol–water partition coefficient (Wildman–Crippen LogP) is 4.30. The summed E-state index contributed by atoms with van der Waals surface area (Å²) in [6.07, 6.45) is 0.658. The standard InChI is InChI=1S/C17H18FNO2/c1-3-17(19-20)13-5-8-16(9-6-13)21-11-14-4-7-15(18)10-12(14)2/h4-10,20H,3,11H2,1-2H3/b19-17-. The van der Waals surface area contributed by atoms with Crippen molar-refractivity contribution in [2.45, 2.75) is 26.9 Å². The van der Waals surface area contributed by atoms with Crippen LogP contribution in [0.25, 0.3) is 0 Å². The van der Waals surface area contributed by atoms with Crippen LogP contribution in [-0.4, -0.2) is 10.9 Å². The number of halogens is 1. The molecule has 2 rings (SSSR count). The predicted molar refractivity (Wildman–Crippen MR) is 80.5 cm³/mol. The first kappa shape index (κ1) is 15.0. The molecule has 2 aromatic rings. The fraction of sp³-hybridized carbons (Fsp3) is 0.235. The van der Waals surface area contributed by atoms with Gasteiger partial charge in [-0.2, -0.15) is 0 Å². The van der Waals surface area contributed by atoms with Crippen molar-refractivity contribution in [1.82, 2.24) is 0 Å². The Hall–Kier alpha value is -2.36. The van der Waals surface area contributed by atoms with Crippen LogP contribution in [0.2, 0.25) is 0 Å². The van der Waals surface area contributed by atoms with Gasteiger partial charge in [0.05, 0.1) is 5.71 Å². The molecule has 0 fully saturated rings. The van der Waals surface area contributed by atoms with E-state index in [1.165, 1.54) is 12.1 Å². The van der Waals surface area contributed by atoms with Gasteiger partial charge < -0.3 is 9.94 Å². The molecule has 0 heterocycles. The van der Waals surface area contributed by atoms with E-state index in [1.54, 1.807) is 6.07 Å². The summed E-state index contributed by atoms with van der Waals surface area (Å²) in [5.41, 5.74) is 3.32. The zero-order valence-corrected chi connectivity index (χ0v) is 12.1. The van der Waals surface area contributed by atoms with Gasteiger partial charge in [0.25, 0.3) is 0 Å². The van der Waals surface area contributed by atoms with Gasteiger partial charge in [0, 0.05) is 0 Å². The molecule has 21 heavy (non-hydrogen) atoms. The van der Waals surface area contributed by atoms with Crippen molar-refractivity contribution in [2.24, 2.45) is 5.16 Å². The van der Waals surface area contributed by atoms with Crippen LogP contribution in [0.1, 0.15) is 30.0 Å². The summed E-state index contributed by atoms with van der Waals surface area (Å²) in [5.74, 6) is 0.479. The molecule has 4 heteroatoms. The van der Waals surface area contributed by atoms with Crippen molar-refractivity contribution in [3.63, 3.8) is 0 Å². The summed E-state index contributed by atoms with van der Waals surface area (Å²) in [5, 5.41) is 12.1. The Bertz CT molecular complexity index is 636. The summed E-state index contributed by atoms with van der Waals surface area (Å²) >= 11 is 0. The maximum atomic E-state index is 13.0. The Morgan fingerprint density at radius 1 is 1.19 bits per heavy atom. The second-order valence-corrected chi connectivity index (χ2v) is 4.78. The van der Waals surface area contributed by atoms with E-state index in [-0.39, 0.29) is 5.82 Å². The topological polar surface area (TPSA) is 41.8 Å².